The Balaban J connectivity index is -0.0000000257. The summed E-state index contributed by atoms with van der Waals surface area (Å²) >= 11 is 0. The number of rotatable bonds is 0. The van der Waals surface area contributed by atoms with Crippen molar-refractivity contribution >= 4 is 0 Å². The van der Waals surface area contributed by atoms with Crippen molar-refractivity contribution in [3.63, 3.8) is 0 Å². The van der Waals surface area contributed by atoms with Crippen LogP contribution in [-0.2, 0) is 0 Å². The summed E-state index contributed by atoms with van der Waals surface area (Å²) in [6, 6.07) is 0. The molecule has 10 heavy (non-hydrogen) atoms. The summed E-state index contributed by atoms with van der Waals surface area (Å²) in [5.74, 6) is 0. The van der Waals surface area contributed by atoms with Gasteiger partial charge >= 0.3 is 40.8 Å². The first-order chi connectivity index (χ1) is 4.24. The fraction of sp³-hybridized carbons (Fsp3) is 0. The Labute approximate surface area is 90.1 Å². The van der Waals surface area contributed by atoms with Crippen molar-refractivity contribution in [2.24, 2.45) is 0 Å². The molecule has 0 aromatic heterocycles. The predicted octanol–water partition coefficient (Wildman–Crippen LogP) is -3.52. The molecule has 0 aliphatic rings. The third kappa shape index (κ3) is 460. The van der Waals surface area contributed by atoms with E-state index < -0.39 is 0 Å². The molecule has 0 heterocycles. The molecule has 0 unspecified atom stereocenters. The van der Waals surface area contributed by atoms with Crippen LogP contribution in [0.5, 0.6) is 0 Å². The fourth-order valence-corrected chi connectivity index (χ4v) is 0. The molecule has 0 aromatic carbocycles. The molecule has 0 saturated carbocycles. The summed E-state index contributed by atoms with van der Waals surface area (Å²) in [5, 5.41) is 45.0. The zero-order valence-corrected chi connectivity index (χ0v) is 7.77. The average molecular weight is 270 g/mol. The Morgan fingerprint density at radius 3 is 0.700 bits per heavy atom. The van der Waals surface area contributed by atoms with Crippen LogP contribution in [0.2, 0.25) is 0 Å². The molecule has 7 heteroatoms. The molecule has 0 amide bonds. The Kier molecular flexibility index (Phi) is 199. The van der Waals surface area contributed by atoms with Crippen LogP contribution in [0.3, 0.4) is 0 Å². The van der Waals surface area contributed by atoms with Gasteiger partial charge in [-0.15, -0.1) is 0 Å². The van der Waals surface area contributed by atoms with Gasteiger partial charge in [0.15, 0.2) is 0 Å². The first-order valence-corrected chi connectivity index (χ1v) is 1.28. The average Bonchev–Trinajstić information content (AvgIpc) is 1.70. The molecule has 0 bridgehead atoms. The summed E-state index contributed by atoms with van der Waals surface area (Å²) in [6.45, 7) is 0. The van der Waals surface area contributed by atoms with Crippen molar-refractivity contribution in [3.8, 4) is 18.8 Å². The number of nitriles is 3. The zero-order chi connectivity index (χ0) is 8.12. The first-order valence-electron chi connectivity index (χ1n) is 1.28. The summed E-state index contributed by atoms with van der Waals surface area (Å²) in [6.07, 6.45) is 1.50. The predicted molar refractivity (Wildman–Crippen MR) is 16.8 cm³/mol. The minimum atomic E-state index is 0. The van der Waals surface area contributed by atoms with Gasteiger partial charge in [-0.3, -0.25) is 0 Å². The van der Waals surface area contributed by atoms with Crippen molar-refractivity contribution in [2.75, 3.05) is 0 Å². The van der Waals surface area contributed by atoms with E-state index in [1.807, 2.05) is 0 Å². The molecule has 49 valence electrons. The molecule has 0 aliphatic heterocycles. The molecule has 0 atom stereocenters. The van der Waals surface area contributed by atoms with Crippen LogP contribution >= 0.6 is 0 Å². The van der Waals surface area contributed by atoms with Gasteiger partial charge in [0.1, 0.15) is 0 Å². The van der Waals surface area contributed by atoms with Crippen LogP contribution in [0.1, 0.15) is 0 Å². The molecule has 0 rings (SSSR count). The van der Waals surface area contributed by atoms with Gasteiger partial charge in [-0.2, -0.15) is 0 Å². The van der Waals surface area contributed by atoms with Crippen molar-refractivity contribution in [1.82, 2.24) is 0 Å². The SMILES string of the molecule is N#C[O-].N#C[O-].N#C[O-].[Nd+3]. The van der Waals surface area contributed by atoms with E-state index in [9.17, 15) is 0 Å². The Bertz CT molecular complexity index is 112. The van der Waals surface area contributed by atoms with E-state index in [-0.39, 0.29) is 40.8 Å². The van der Waals surface area contributed by atoms with Crippen LogP contribution in [0.25, 0.3) is 0 Å². The quantitative estimate of drug-likeness (QED) is 0.418. The monoisotopic (exact) mass is 268 g/mol. The number of hydrogen-bond donors (Lipinski definition) is 0. The second-order valence-electron chi connectivity index (χ2n) is 0.274. The van der Waals surface area contributed by atoms with Gasteiger partial charge in [0.2, 0.25) is 0 Å². The van der Waals surface area contributed by atoms with Gasteiger partial charge in [0, 0.05) is 18.8 Å². The Morgan fingerprint density at radius 1 is 0.700 bits per heavy atom. The molecule has 0 aliphatic carbocycles. The minimum Gasteiger partial charge on any atom is -0.812 e. The van der Waals surface area contributed by atoms with E-state index in [4.69, 9.17) is 31.1 Å². The Hall–Kier alpha value is -0.779. The number of hydrogen-bond acceptors (Lipinski definition) is 6. The third-order valence-electron chi connectivity index (χ3n) is 0. The molecule has 0 saturated heterocycles. The molecular weight excluding hydrogens is 270 g/mol. The van der Waals surface area contributed by atoms with Crippen molar-refractivity contribution in [3.05, 3.63) is 0 Å². The van der Waals surface area contributed by atoms with Crippen LogP contribution in [0.15, 0.2) is 0 Å². The second kappa shape index (κ2) is 86.9. The van der Waals surface area contributed by atoms with Gasteiger partial charge in [0.05, 0.1) is 0 Å². The minimum absolute atomic E-state index is 0. The molecular formula is C3N3NdO3. The molecule has 0 aromatic rings. The smallest absolute Gasteiger partial charge is 0.812 e. The van der Waals surface area contributed by atoms with Gasteiger partial charge < -0.3 is 15.3 Å². The molecule has 6 nitrogen and oxygen atoms in total. The standard InChI is InChI=1S/3CHNO.Nd/c3*2-1-3;/h3*3H;/q;;;+3/p-3. The summed E-state index contributed by atoms with van der Waals surface area (Å²) < 4.78 is 0. The van der Waals surface area contributed by atoms with Gasteiger partial charge in [-0.1, -0.05) is 0 Å². The molecule has 0 spiro atoms. The molecule has 1 radical (unpaired) electrons. The number of nitrogens with zero attached hydrogens (tertiary/aromatic N) is 3. The van der Waals surface area contributed by atoms with E-state index in [0.717, 1.165) is 0 Å². The topological polar surface area (TPSA) is 141 Å². The van der Waals surface area contributed by atoms with Gasteiger partial charge in [-0.05, 0) is 0 Å². The van der Waals surface area contributed by atoms with E-state index in [0.29, 0.717) is 18.8 Å². The first kappa shape index (κ1) is 22.9. The molecule has 0 N–H and O–H groups in total. The molecule has 0 fully saturated rings. The fourth-order valence-electron chi connectivity index (χ4n) is 0. The maximum absolute atomic E-state index is 8.24. The van der Waals surface area contributed by atoms with Crippen LogP contribution in [0, 0.1) is 75.4 Å². The largest absolute Gasteiger partial charge is 3.00 e. The van der Waals surface area contributed by atoms with Crippen LogP contribution < -0.4 is 15.3 Å². The summed E-state index contributed by atoms with van der Waals surface area (Å²) in [7, 11) is 0. The maximum Gasteiger partial charge on any atom is 3.00 e. The van der Waals surface area contributed by atoms with Gasteiger partial charge in [-0.25, -0.2) is 15.8 Å². The van der Waals surface area contributed by atoms with Crippen LogP contribution in [-0.4, -0.2) is 0 Å². The Morgan fingerprint density at radius 2 is 0.700 bits per heavy atom. The normalized spacial score (nSPS) is 2.10. The summed E-state index contributed by atoms with van der Waals surface area (Å²) in [4.78, 5) is 0. The van der Waals surface area contributed by atoms with Crippen molar-refractivity contribution in [2.45, 2.75) is 0 Å². The van der Waals surface area contributed by atoms with Crippen molar-refractivity contribution in [1.29, 1.82) is 15.8 Å². The zero-order valence-electron chi connectivity index (χ0n) is 4.57. The van der Waals surface area contributed by atoms with E-state index in [1.54, 1.807) is 0 Å². The second-order valence-corrected chi connectivity index (χ2v) is 0.274. The van der Waals surface area contributed by atoms with Gasteiger partial charge in [0.25, 0.3) is 0 Å². The van der Waals surface area contributed by atoms with Crippen LogP contribution in [0.4, 0.5) is 0 Å². The third-order valence-corrected chi connectivity index (χ3v) is 0. The van der Waals surface area contributed by atoms with E-state index in [1.165, 1.54) is 0 Å². The summed E-state index contributed by atoms with van der Waals surface area (Å²) in [5.41, 5.74) is 0. The van der Waals surface area contributed by atoms with Crippen molar-refractivity contribution < 1.29 is 56.2 Å². The van der Waals surface area contributed by atoms with E-state index >= 15 is 0 Å². The maximum atomic E-state index is 8.24. The van der Waals surface area contributed by atoms with E-state index in [2.05, 4.69) is 0 Å².